The predicted octanol–water partition coefficient (Wildman–Crippen LogP) is 1.99. The summed E-state index contributed by atoms with van der Waals surface area (Å²) in [5, 5.41) is 3.30. The number of ether oxygens (including phenoxy) is 1. The SMILES string of the molecule is CCOC1(C(CCS(C)(=O)=O)NC)CCCC(C)C1. The molecule has 5 heteroatoms. The molecule has 1 aliphatic carbocycles. The molecule has 3 unspecified atom stereocenters. The van der Waals surface area contributed by atoms with Crippen LogP contribution in [0.3, 0.4) is 0 Å². The third-order valence-electron chi connectivity index (χ3n) is 4.18. The topological polar surface area (TPSA) is 55.4 Å². The molecule has 0 bridgehead atoms. The number of sulfone groups is 1. The van der Waals surface area contributed by atoms with Crippen LogP contribution in [0.15, 0.2) is 0 Å². The van der Waals surface area contributed by atoms with Gasteiger partial charge in [-0.15, -0.1) is 0 Å². The smallest absolute Gasteiger partial charge is 0.147 e. The third-order valence-corrected chi connectivity index (χ3v) is 5.16. The van der Waals surface area contributed by atoms with Crippen molar-refractivity contribution in [3.8, 4) is 0 Å². The molecule has 0 aromatic heterocycles. The Kier molecular flexibility index (Phi) is 6.27. The largest absolute Gasteiger partial charge is 0.374 e. The zero-order valence-electron chi connectivity index (χ0n) is 12.7. The summed E-state index contributed by atoms with van der Waals surface area (Å²) in [5.41, 5.74) is -0.189. The molecule has 1 N–H and O–H groups in total. The molecule has 0 aromatic carbocycles. The van der Waals surface area contributed by atoms with E-state index in [2.05, 4.69) is 12.2 Å². The Labute approximate surface area is 118 Å². The summed E-state index contributed by atoms with van der Waals surface area (Å²) in [4.78, 5) is 0. The Morgan fingerprint density at radius 2 is 2.16 bits per heavy atom. The summed E-state index contributed by atoms with van der Waals surface area (Å²) in [6.45, 7) is 4.96. The highest BCUT2D eigenvalue weighted by Crippen LogP contribution is 2.38. The first-order chi connectivity index (χ1) is 8.83. The number of likely N-dealkylation sites (N-methyl/N-ethyl adjacent to an activating group) is 1. The fraction of sp³-hybridized carbons (Fsp3) is 1.00. The maximum absolute atomic E-state index is 11.4. The second-order valence-electron chi connectivity index (χ2n) is 5.96. The van der Waals surface area contributed by atoms with E-state index < -0.39 is 9.84 Å². The lowest BCUT2D eigenvalue weighted by Crippen LogP contribution is -2.54. The molecule has 0 amide bonds. The summed E-state index contributed by atoms with van der Waals surface area (Å²) >= 11 is 0. The molecular weight excluding hydrogens is 262 g/mol. The molecule has 4 nitrogen and oxygen atoms in total. The zero-order valence-corrected chi connectivity index (χ0v) is 13.6. The lowest BCUT2D eigenvalue weighted by atomic mass is 9.74. The minimum absolute atomic E-state index is 0.116. The number of rotatable bonds is 7. The Balaban J connectivity index is 2.81. The van der Waals surface area contributed by atoms with Gasteiger partial charge in [-0.05, 0) is 39.2 Å². The number of hydrogen-bond donors (Lipinski definition) is 1. The van der Waals surface area contributed by atoms with Gasteiger partial charge in [-0.3, -0.25) is 0 Å². The first kappa shape index (κ1) is 16.9. The molecule has 1 rings (SSSR count). The molecule has 0 aliphatic heterocycles. The van der Waals surface area contributed by atoms with Crippen molar-refractivity contribution < 1.29 is 13.2 Å². The Morgan fingerprint density at radius 3 is 2.63 bits per heavy atom. The van der Waals surface area contributed by atoms with E-state index in [0.29, 0.717) is 18.9 Å². The van der Waals surface area contributed by atoms with E-state index in [1.807, 2.05) is 14.0 Å². The van der Waals surface area contributed by atoms with Crippen molar-refractivity contribution in [3.05, 3.63) is 0 Å². The van der Waals surface area contributed by atoms with Crippen LogP contribution < -0.4 is 5.32 Å². The first-order valence-corrected chi connectivity index (χ1v) is 9.38. The van der Waals surface area contributed by atoms with E-state index in [1.165, 1.54) is 12.7 Å². The average Bonchev–Trinajstić information content (AvgIpc) is 2.28. The van der Waals surface area contributed by atoms with Crippen molar-refractivity contribution in [2.75, 3.05) is 25.7 Å². The molecule has 0 heterocycles. The monoisotopic (exact) mass is 291 g/mol. The van der Waals surface area contributed by atoms with Gasteiger partial charge in [0.2, 0.25) is 0 Å². The third kappa shape index (κ3) is 5.04. The molecule has 0 radical (unpaired) electrons. The fourth-order valence-corrected chi connectivity index (χ4v) is 4.05. The van der Waals surface area contributed by atoms with Crippen molar-refractivity contribution in [1.82, 2.24) is 5.32 Å². The zero-order chi connectivity index (χ0) is 14.5. The summed E-state index contributed by atoms with van der Waals surface area (Å²) in [5.74, 6) is 0.871. The highest BCUT2D eigenvalue weighted by atomic mass is 32.2. The van der Waals surface area contributed by atoms with E-state index in [1.54, 1.807) is 0 Å². The van der Waals surface area contributed by atoms with Crippen molar-refractivity contribution in [3.63, 3.8) is 0 Å². The van der Waals surface area contributed by atoms with Gasteiger partial charge in [0.05, 0.1) is 11.4 Å². The van der Waals surface area contributed by atoms with E-state index in [4.69, 9.17) is 4.74 Å². The predicted molar refractivity (Wildman–Crippen MR) is 79.2 cm³/mol. The second-order valence-corrected chi connectivity index (χ2v) is 8.22. The molecule has 1 aliphatic rings. The maximum atomic E-state index is 11.4. The molecule has 3 atom stereocenters. The van der Waals surface area contributed by atoms with Crippen LogP contribution in [-0.2, 0) is 14.6 Å². The van der Waals surface area contributed by atoms with Crippen LogP contribution >= 0.6 is 0 Å². The lowest BCUT2D eigenvalue weighted by molar-refractivity contribution is -0.0993. The van der Waals surface area contributed by atoms with Crippen molar-refractivity contribution in [2.45, 2.75) is 57.6 Å². The van der Waals surface area contributed by atoms with Crippen LogP contribution in [-0.4, -0.2) is 45.7 Å². The first-order valence-electron chi connectivity index (χ1n) is 7.32. The van der Waals surface area contributed by atoms with Crippen LogP contribution in [0.1, 0.15) is 46.0 Å². The van der Waals surface area contributed by atoms with Gasteiger partial charge >= 0.3 is 0 Å². The van der Waals surface area contributed by atoms with Gasteiger partial charge in [0.25, 0.3) is 0 Å². The highest BCUT2D eigenvalue weighted by Gasteiger charge is 2.42. The van der Waals surface area contributed by atoms with E-state index in [-0.39, 0.29) is 17.4 Å². The standard InChI is InChI=1S/C14H29NO3S/c1-5-18-14(9-6-7-12(2)11-14)13(15-3)8-10-19(4,16)17/h12-13,15H,5-11H2,1-4H3. The lowest BCUT2D eigenvalue weighted by Gasteiger charge is -2.45. The van der Waals surface area contributed by atoms with Crippen LogP contribution in [0.4, 0.5) is 0 Å². The van der Waals surface area contributed by atoms with Gasteiger partial charge in [0, 0.05) is 18.9 Å². The van der Waals surface area contributed by atoms with Crippen LogP contribution in [0.2, 0.25) is 0 Å². The van der Waals surface area contributed by atoms with Gasteiger partial charge in [-0.2, -0.15) is 0 Å². The molecule has 1 fully saturated rings. The molecular formula is C14H29NO3S. The van der Waals surface area contributed by atoms with Gasteiger partial charge in [-0.25, -0.2) is 8.42 Å². The Morgan fingerprint density at radius 1 is 1.47 bits per heavy atom. The van der Waals surface area contributed by atoms with Crippen molar-refractivity contribution in [1.29, 1.82) is 0 Å². The van der Waals surface area contributed by atoms with E-state index in [0.717, 1.165) is 19.3 Å². The van der Waals surface area contributed by atoms with E-state index >= 15 is 0 Å². The average molecular weight is 291 g/mol. The number of nitrogens with one attached hydrogen (secondary N) is 1. The van der Waals surface area contributed by atoms with Crippen molar-refractivity contribution in [2.24, 2.45) is 5.92 Å². The van der Waals surface area contributed by atoms with Crippen LogP contribution in [0.5, 0.6) is 0 Å². The molecule has 0 aromatic rings. The molecule has 0 spiro atoms. The van der Waals surface area contributed by atoms with Crippen LogP contribution in [0.25, 0.3) is 0 Å². The maximum Gasteiger partial charge on any atom is 0.147 e. The summed E-state index contributed by atoms with van der Waals surface area (Å²) in [6.07, 6.45) is 6.39. The van der Waals surface area contributed by atoms with Gasteiger partial charge in [-0.1, -0.05) is 19.8 Å². The van der Waals surface area contributed by atoms with Crippen molar-refractivity contribution >= 4 is 9.84 Å². The molecule has 19 heavy (non-hydrogen) atoms. The molecule has 114 valence electrons. The Hall–Kier alpha value is -0.130. The van der Waals surface area contributed by atoms with Gasteiger partial charge in [0.15, 0.2) is 0 Å². The quantitative estimate of drug-likeness (QED) is 0.779. The molecule has 1 saturated carbocycles. The summed E-state index contributed by atoms with van der Waals surface area (Å²) in [6, 6.07) is 0.116. The minimum Gasteiger partial charge on any atom is -0.374 e. The summed E-state index contributed by atoms with van der Waals surface area (Å²) < 4.78 is 28.9. The van der Waals surface area contributed by atoms with Gasteiger partial charge < -0.3 is 10.1 Å². The highest BCUT2D eigenvalue weighted by molar-refractivity contribution is 7.90. The van der Waals surface area contributed by atoms with Gasteiger partial charge in [0.1, 0.15) is 9.84 Å². The summed E-state index contributed by atoms with van der Waals surface area (Å²) in [7, 11) is -1.01. The van der Waals surface area contributed by atoms with E-state index in [9.17, 15) is 8.42 Å². The normalized spacial score (nSPS) is 30.2. The molecule has 0 saturated heterocycles. The minimum atomic E-state index is -2.92. The fourth-order valence-electron chi connectivity index (χ4n) is 3.38. The van der Waals surface area contributed by atoms with Crippen LogP contribution in [0, 0.1) is 5.92 Å². The second kappa shape index (κ2) is 7.04. The Bertz CT molecular complexity index is 365. The number of hydrogen-bond acceptors (Lipinski definition) is 4.